The van der Waals surface area contributed by atoms with E-state index in [-0.39, 0.29) is 0 Å². The molecule has 0 saturated heterocycles. The summed E-state index contributed by atoms with van der Waals surface area (Å²) < 4.78 is 5.51. The van der Waals surface area contributed by atoms with E-state index in [1.165, 1.54) is 12.8 Å². The molecule has 4 heteroatoms. The summed E-state index contributed by atoms with van der Waals surface area (Å²) in [5, 5.41) is 3.40. The summed E-state index contributed by atoms with van der Waals surface area (Å²) in [5.74, 6) is 2.19. The van der Waals surface area contributed by atoms with Crippen LogP contribution in [-0.4, -0.2) is 17.6 Å². The second-order valence-corrected chi connectivity index (χ2v) is 4.71. The molecule has 1 unspecified atom stereocenters. The van der Waals surface area contributed by atoms with Crippen LogP contribution in [0.2, 0.25) is 0 Å². The lowest BCUT2D eigenvalue weighted by Crippen LogP contribution is -2.18. The smallest absolute Gasteiger partial charge is 0.239 e. The van der Waals surface area contributed by atoms with Gasteiger partial charge in [-0.15, -0.1) is 0 Å². The number of rotatable bonds is 6. The van der Waals surface area contributed by atoms with Gasteiger partial charge in [0.05, 0.1) is 12.3 Å². The Morgan fingerprint density at radius 2 is 2.29 bits per heavy atom. The lowest BCUT2D eigenvalue weighted by atomic mass is 10.2. The number of hydrogen-bond donors (Lipinski definition) is 2. The Balaban J connectivity index is 2.01. The van der Waals surface area contributed by atoms with Crippen LogP contribution in [0.5, 0.6) is 5.88 Å². The van der Waals surface area contributed by atoms with E-state index < -0.39 is 0 Å². The summed E-state index contributed by atoms with van der Waals surface area (Å²) in [6, 6.07) is 4.23. The molecule has 0 aliphatic heterocycles. The summed E-state index contributed by atoms with van der Waals surface area (Å²) in [4.78, 5) is 4.40. The second-order valence-electron chi connectivity index (χ2n) is 4.71. The summed E-state index contributed by atoms with van der Waals surface area (Å²) >= 11 is 0. The van der Waals surface area contributed by atoms with Crippen LogP contribution in [-0.2, 0) is 0 Å². The molecular formula is C13H21N3O. The number of ether oxygens (including phenoxy) is 1. The highest BCUT2D eigenvalue weighted by Gasteiger charge is 2.28. The maximum Gasteiger partial charge on any atom is 0.239 e. The molecule has 1 aliphatic rings. The van der Waals surface area contributed by atoms with E-state index in [0.717, 1.165) is 18.2 Å². The number of aromatic nitrogens is 1. The van der Waals surface area contributed by atoms with Crippen LogP contribution in [0, 0.1) is 5.92 Å². The minimum Gasteiger partial charge on any atom is -0.476 e. The van der Waals surface area contributed by atoms with Crippen LogP contribution in [0.15, 0.2) is 12.1 Å². The number of nitrogens with two attached hydrogens (primary N) is 1. The molecule has 0 radical (unpaired) electrons. The zero-order chi connectivity index (χ0) is 12.3. The normalized spacial score (nSPS) is 16.6. The van der Waals surface area contributed by atoms with Gasteiger partial charge in [-0.25, -0.2) is 0 Å². The van der Waals surface area contributed by atoms with Crippen LogP contribution in [0.4, 0.5) is 11.5 Å². The Morgan fingerprint density at radius 1 is 1.53 bits per heavy atom. The molecule has 1 atom stereocenters. The predicted octanol–water partition coefficient (Wildman–Crippen LogP) is 2.66. The third-order valence-corrected chi connectivity index (χ3v) is 3.04. The summed E-state index contributed by atoms with van der Waals surface area (Å²) in [5.41, 5.74) is 6.42. The number of hydrogen-bond acceptors (Lipinski definition) is 4. The van der Waals surface area contributed by atoms with E-state index in [4.69, 9.17) is 10.5 Å². The summed E-state index contributed by atoms with van der Waals surface area (Å²) in [6.45, 7) is 4.91. The number of nitrogens with one attached hydrogen (secondary N) is 1. The molecule has 0 spiro atoms. The average Bonchev–Trinajstić information content (AvgIpc) is 3.13. The van der Waals surface area contributed by atoms with Crippen molar-refractivity contribution in [3.8, 4) is 5.88 Å². The average molecular weight is 235 g/mol. The van der Waals surface area contributed by atoms with Crippen molar-refractivity contribution in [1.29, 1.82) is 0 Å². The third kappa shape index (κ3) is 3.25. The molecule has 1 aromatic heterocycles. The number of anilines is 2. The second kappa shape index (κ2) is 5.25. The van der Waals surface area contributed by atoms with Gasteiger partial charge in [-0.05, 0) is 44.2 Å². The Hall–Kier alpha value is -1.45. The van der Waals surface area contributed by atoms with Crippen LogP contribution in [0.3, 0.4) is 0 Å². The van der Waals surface area contributed by atoms with E-state index in [0.29, 0.717) is 24.2 Å². The molecule has 1 saturated carbocycles. The molecule has 94 valence electrons. The highest BCUT2D eigenvalue weighted by molar-refractivity contribution is 5.53. The Kier molecular flexibility index (Phi) is 3.71. The largest absolute Gasteiger partial charge is 0.476 e. The topological polar surface area (TPSA) is 60.2 Å². The van der Waals surface area contributed by atoms with Gasteiger partial charge in [0.15, 0.2) is 0 Å². The monoisotopic (exact) mass is 235 g/mol. The van der Waals surface area contributed by atoms with Crippen LogP contribution in [0.25, 0.3) is 0 Å². The first kappa shape index (κ1) is 12.0. The molecule has 1 heterocycles. The lowest BCUT2D eigenvalue weighted by molar-refractivity contribution is 0.307. The Morgan fingerprint density at radius 3 is 2.94 bits per heavy atom. The minimum atomic E-state index is 0.477. The van der Waals surface area contributed by atoms with E-state index in [1.54, 1.807) is 0 Å². The fraction of sp³-hybridized carbons (Fsp3) is 0.615. The van der Waals surface area contributed by atoms with E-state index >= 15 is 0 Å². The lowest BCUT2D eigenvalue weighted by Gasteiger charge is -2.15. The van der Waals surface area contributed by atoms with Gasteiger partial charge in [0.1, 0.15) is 5.82 Å². The standard InChI is InChI=1S/C13H21N3O/c1-3-8-17-13-11(14)6-7-12(16-13)15-9(2)10-4-5-10/h6-7,9-10H,3-5,8,14H2,1-2H3,(H,15,16). The van der Waals surface area contributed by atoms with Gasteiger partial charge < -0.3 is 15.8 Å². The van der Waals surface area contributed by atoms with Crippen molar-refractivity contribution in [2.24, 2.45) is 5.92 Å². The molecule has 3 N–H and O–H groups in total. The van der Waals surface area contributed by atoms with Crippen molar-refractivity contribution in [3.63, 3.8) is 0 Å². The van der Waals surface area contributed by atoms with Gasteiger partial charge in [0.25, 0.3) is 0 Å². The first-order valence-corrected chi connectivity index (χ1v) is 6.36. The zero-order valence-electron chi connectivity index (χ0n) is 10.6. The molecule has 1 aromatic rings. The summed E-state index contributed by atoms with van der Waals surface area (Å²) in [6.07, 6.45) is 3.60. The van der Waals surface area contributed by atoms with Crippen molar-refractivity contribution in [2.45, 2.75) is 39.2 Å². The molecule has 0 amide bonds. The quantitative estimate of drug-likeness (QED) is 0.795. The van der Waals surface area contributed by atoms with E-state index in [2.05, 4.69) is 24.1 Å². The minimum absolute atomic E-state index is 0.477. The number of pyridine rings is 1. The molecule has 2 rings (SSSR count). The third-order valence-electron chi connectivity index (χ3n) is 3.04. The molecule has 17 heavy (non-hydrogen) atoms. The molecule has 1 aliphatic carbocycles. The van der Waals surface area contributed by atoms with Crippen molar-refractivity contribution >= 4 is 11.5 Å². The van der Waals surface area contributed by atoms with Crippen molar-refractivity contribution in [1.82, 2.24) is 4.98 Å². The van der Waals surface area contributed by atoms with Crippen LogP contribution >= 0.6 is 0 Å². The molecule has 0 aromatic carbocycles. The number of nitrogens with zero attached hydrogens (tertiary/aromatic N) is 1. The van der Waals surface area contributed by atoms with Crippen molar-refractivity contribution < 1.29 is 4.74 Å². The Labute approximate surface area is 103 Å². The zero-order valence-corrected chi connectivity index (χ0v) is 10.6. The highest BCUT2D eigenvalue weighted by Crippen LogP contribution is 2.34. The maximum absolute atomic E-state index is 5.82. The van der Waals surface area contributed by atoms with E-state index in [1.807, 2.05) is 12.1 Å². The first-order valence-electron chi connectivity index (χ1n) is 6.36. The molecule has 0 bridgehead atoms. The molecule has 4 nitrogen and oxygen atoms in total. The summed E-state index contributed by atoms with van der Waals surface area (Å²) in [7, 11) is 0. The van der Waals surface area contributed by atoms with Crippen molar-refractivity contribution in [3.05, 3.63) is 12.1 Å². The van der Waals surface area contributed by atoms with Gasteiger partial charge in [0, 0.05) is 6.04 Å². The highest BCUT2D eigenvalue weighted by atomic mass is 16.5. The SMILES string of the molecule is CCCOc1nc(NC(C)C2CC2)ccc1N. The maximum atomic E-state index is 5.82. The van der Waals surface area contributed by atoms with Crippen LogP contribution < -0.4 is 15.8 Å². The van der Waals surface area contributed by atoms with E-state index in [9.17, 15) is 0 Å². The fourth-order valence-corrected chi connectivity index (χ4v) is 1.79. The molecular weight excluding hydrogens is 214 g/mol. The predicted molar refractivity (Wildman–Crippen MR) is 70.2 cm³/mol. The number of nitrogen functional groups attached to an aromatic ring is 1. The Bertz CT molecular complexity index is 377. The van der Waals surface area contributed by atoms with Gasteiger partial charge in [0.2, 0.25) is 5.88 Å². The first-order chi connectivity index (χ1) is 8.20. The van der Waals surface area contributed by atoms with Crippen molar-refractivity contribution in [2.75, 3.05) is 17.7 Å². The van der Waals surface area contributed by atoms with Gasteiger partial charge in [-0.2, -0.15) is 4.98 Å². The van der Waals surface area contributed by atoms with Gasteiger partial charge in [-0.3, -0.25) is 0 Å². The van der Waals surface area contributed by atoms with Gasteiger partial charge >= 0.3 is 0 Å². The van der Waals surface area contributed by atoms with Crippen LogP contribution in [0.1, 0.15) is 33.1 Å². The fourth-order valence-electron chi connectivity index (χ4n) is 1.79. The molecule has 1 fully saturated rings. The van der Waals surface area contributed by atoms with Gasteiger partial charge in [-0.1, -0.05) is 6.92 Å².